The molecule has 5 heteroatoms. The van der Waals surface area contributed by atoms with E-state index >= 15 is 0 Å². The first-order valence-corrected chi connectivity index (χ1v) is 11.1. The monoisotopic (exact) mass is 374 g/mol. The van der Waals surface area contributed by atoms with Gasteiger partial charge >= 0.3 is 7.60 Å². The second kappa shape index (κ2) is 8.29. The second-order valence-corrected chi connectivity index (χ2v) is 9.07. The molecule has 25 heavy (non-hydrogen) atoms. The molecule has 0 saturated carbocycles. The van der Waals surface area contributed by atoms with Crippen molar-refractivity contribution in [3.05, 3.63) is 70.6 Å². The van der Waals surface area contributed by atoms with Crippen molar-refractivity contribution in [2.24, 2.45) is 0 Å². The standard InChI is InChI=1S/C20H23O3PS/c1-3-22-24(21,23-4-2)15-17-10-11-20-18(12-17)14-19(25-20)13-16-8-6-5-7-9-16/h5-12,14H,3-4,13,15H2,1-2H3. The SMILES string of the molecule is CCOP(=O)(Cc1ccc2sc(Cc3ccccc3)cc2c1)OCC. The minimum Gasteiger partial charge on any atom is -0.309 e. The van der Waals surface area contributed by atoms with Crippen molar-refractivity contribution in [2.45, 2.75) is 26.4 Å². The Labute approximate surface area is 153 Å². The first kappa shape index (κ1) is 18.3. The van der Waals surface area contributed by atoms with Gasteiger partial charge in [0, 0.05) is 16.0 Å². The van der Waals surface area contributed by atoms with E-state index in [9.17, 15) is 4.57 Å². The van der Waals surface area contributed by atoms with Gasteiger partial charge in [-0.05, 0) is 48.6 Å². The third-order valence-electron chi connectivity index (χ3n) is 3.88. The summed E-state index contributed by atoms with van der Waals surface area (Å²) in [6.45, 7) is 4.45. The predicted octanol–water partition coefficient (Wildman–Crippen LogP) is 6.26. The normalized spacial score (nSPS) is 11.9. The van der Waals surface area contributed by atoms with Gasteiger partial charge in [-0.2, -0.15) is 0 Å². The molecule has 0 aliphatic heterocycles. The summed E-state index contributed by atoms with van der Waals surface area (Å²) in [4.78, 5) is 1.33. The second-order valence-electron chi connectivity index (χ2n) is 5.85. The summed E-state index contributed by atoms with van der Waals surface area (Å²) < 4.78 is 24.8. The highest BCUT2D eigenvalue weighted by molar-refractivity contribution is 7.53. The van der Waals surface area contributed by atoms with E-state index in [1.807, 2.05) is 37.3 Å². The topological polar surface area (TPSA) is 35.5 Å². The third kappa shape index (κ3) is 4.80. The minimum absolute atomic E-state index is 0.314. The Kier molecular flexibility index (Phi) is 6.08. The average Bonchev–Trinajstić information content (AvgIpc) is 2.97. The number of benzene rings is 2. The highest BCUT2D eigenvalue weighted by Crippen LogP contribution is 2.51. The Morgan fingerprint density at radius 1 is 0.920 bits per heavy atom. The molecule has 2 aromatic carbocycles. The fraction of sp³-hybridized carbons (Fsp3) is 0.300. The quantitative estimate of drug-likeness (QED) is 0.437. The van der Waals surface area contributed by atoms with Crippen LogP contribution in [0.3, 0.4) is 0 Å². The van der Waals surface area contributed by atoms with E-state index in [1.54, 1.807) is 0 Å². The number of hydrogen-bond donors (Lipinski definition) is 0. The summed E-state index contributed by atoms with van der Waals surface area (Å²) in [6, 6.07) is 18.9. The lowest BCUT2D eigenvalue weighted by atomic mass is 10.1. The van der Waals surface area contributed by atoms with Gasteiger partial charge in [-0.15, -0.1) is 11.3 Å². The van der Waals surface area contributed by atoms with Gasteiger partial charge in [0.05, 0.1) is 19.4 Å². The first-order chi connectivity index (χ1) is 12.1. The van der Waals surface area contributed by atoms with E-state index in [4.69, 9.17) is 9.05 Å². The predicted molar refractivity (Wildman–Crippen MR) is 106 cm³/mol. The molecule has 0 saturated heterocycles. The van der Waals surface area contributed by atoms with Crippen LogP contribution in [-0.2, 0) is 26.2 Å². The molecule has 1 heterocycles. The van der Waals surface area contributed by atoms with Gasteiger partial charge in [0.1, 0.15) is 0 Å². The fourth-order valence-electron chi connectivity index (χ4n) is 2.88. The van der Waals surface area contributed by atoms with Gasteiger partial charge in [0.15, 0.2) is 0 Å². The van der Waals surface area contributed by atoms with Crippen LogP contribution in [0.5, 0.6) is 0 Å². The Bertz CT molecular complexity index is 863. The van der Waals surface area contributed by atoms with E-state index in [1.165, 1.54) is 20.5 Å². The highest BCUT2D eigenvalue weighted by atomic mass is 32.1. The van der Waals surface area contributed by atoms with Crippen LogP contribution >= 0.6 is 18.9 Å². The molecule has 0 fully saturated rings. The van der Waals surface area contributed by atoms with Crippen molar-refractivity contribution in [1.29, 1.82) is 0 Å². The molecular weight excluding hydrogens is 351 g/mol. The summed E-state index contributed by atoms with van der Waals surface area (Å²) in [7, 11) is -3.06. The molecule has 3 nitrogen and oxygen atoms in total. The molecule has 0 aliphatic carbocycles. The summed E-state index contributed by atoms with van der Waals surface area (Å²) in [5.74, 6) is 0. The Morgan fingerprint density at radius 2 is 1.64 bits per heavy atom. The molecule has 0 spiro atoms. The Balaban J connectivity index is 1.81. The van der Waals surface area contributed by atoms with Crippen LogP contribution in [-0.4, -0.2) is 13.2 Å². The molecule has 0 radical (unpaired) electrons. The fourth-order valence-corrected chi connectivity index (χ4v) is 5.64. The minimum atomic E-state index is -3.06. The molecule has 0 unspecified atom stereocenters. The first-order valence-electron chi connectivity index (χ1n) is 8.55. The Morgan fingerprint density at radius 3 is 2.32 bits per heavy atom. The molecule has 0 aliphatic rings. The van der Waals surface area contributed by atoms with Crippen molar-refractivity contribution in [1.82, 2.24) is 0 Å². The molecule has 0 bridgehead atoms. The largest absolute Gasteiger partial charge is 0.335 e. The van der Waals surface area contributed by atoms with Gasteiger partial charge in [-0.25, -0.2) is 0 Å². The smallest absolute Gasteiger partial charge is 0.309 e. The number of rotatable bonds is 8. The van der Waals surface area contributed by atoms with Gasteiger partial charge in [-0.1, -0.05) is 36.4 Å². The van der Waals surface area contributed by atoms with E-state index in [-0.39, 0.29) is 0 Å². The third-order valence-corrected chi connectivity index (χ3v) is 7.05. The van der Waals surface area contributed by atoms with Crippen molar-refractivity contribution in [3.8, 4) is 0 Å². The van der Waals surface area contributed by atoms with Crippen molar-refractivity contribution < 1.29 is 13.6 Å². The average molecular weight is 374 g/mol. The lowest BCUT2D eigenvalue weighted by Crippen LogP contribution is -1.98. The molecule has 3 rings (SSSR count). The lowest BCUT2D eigenvalue weighted by molar-refractivity contribution is 0.219. The van der Waals surface area contributed by atoms with E-state index in [0.717, 1.165) is 12.0 Å². The molecular formula is C20H23O3PS. The summed E-state index contributed by atoms with van der Waals surface area (Å²) in [5.41, 5.74) is 2.30. The van der Waals surface area contributed by atoms with Crippen LogP contribution < -0.4 is 0 Å². The van der Waals surface area contributed by atoms with Gasteiger partial charge < -0.3 is 9.05 Å². The summed E-state index contributed by atoms with van der Waals surface area (Å²) in [5, 5.41) is 1.19. The van der Waals surface area contributed by atoms with Crippen LogP contribution in [0, 0.1) is 0 Å². The van der Waals surface area contributed by atoms with Crippen LogP contribution in [0.15, 0.2) is 54.6 Å². The van der Waals surface area contributed by atoms with Gasteiger partial charge in [0.25, 0.3) is 0 Å². The number of fused-ring (bicyclic) bond motifs is 1. The maximum absolute atomic E-state index is 12.7. The highest BCUT2D eigenvalue weighted by Gasteiger charge is 2.24. The summed E-state index contributed by atoms with van der Waals surface area (Å²) >= 11 is 1.81. The van der Waals surface area contributed by atoms with E-state index in [0.29, 0.717) is 19.4 Å². The van der Waals surface area contributed by atoms with Crippen LogP contribution in [0.2, 0.25) is 0 Å². The number of thiophene rings is 1. The van der Waals surface area contributed by atoms with Gasteiger partial charge in [-0.3, -0.25) is 4.57 Å². The molecule has 0 amide bonds. The molecule has 0 atom stereocenters. The number of hydrogen-bond acceptors (Lipinski definition) is 4. The van der Waals surface area contributed by atoms with Gasteiger partial charge in [0.2, 0.25) is 0 Å². The zero-order chi connectivity index (χ0) is 17.7. The molecule has 1 aromatic heterocycles. The van der Waals surface area contributed by atoms with Crippen molar-refractivity contribution in [3.63, 3.8) is 0 Å². The zero-order valence-corrected chi connectivity index (χ0v) is 16.3. The van der Waals surface area contributed by atoms with Crippen molar-refractivity contribution in [2.75, 3.05) is 13.2 Å². The van der Waals surface area contributed by atoms with E-state index in [2.05, 4.69) is 42.5 Å². The maximum atomic E-state index is 12.7. The lowest BCUT2D eigenvalue weighted by Gasteiger charge is -2.16. The molecule has 3 aromatic rings. The van der Waals surface area contributed by atoms with Crippen molar-refractivity contribution >= 4 is 29.0 Å². The maximum Gasteiger partial charge on any atom is 0.335 e. The van der Waals surface area contributed by atoms with Crippen LogP contribution in [0.1, 0.15) is 29.9 Å². The van der Waals surface area contributed by atoms with Crippen LogP contribution in [0.25, 0.3) is 10.1 Å². The van der Waals surface area contributed by atoms with E-state index < -0.39 is 7.60 Å². The molecule has 132 valence electrons. The van der Waals surface area contributed by atoms with Crippen LogP contribution in [0.4, 0.5) is 0 Å². The Hall–Kier alpha value is -1.45. The molecule has 0 N–H and O–H groups in total. The zero-order valence-electron chi connectivity index (χ0n) is 14.6. The summed E-state index contributed by atoms with van der Waals surface area (Å²) in [6.07, 6.45) is 1.25.